The van der Waals surface area contributed by atoms with Crippen molar-refractivity contribution >= 4 is 23.5 Å². The molecule has 0 radical (unpaired) electrons. The molecule has 5 heteroatoms. The van der Waals surface area contributed by atoms with Crippen LogP contribution in [0.15, 0.2) is 12.1 Å². The lowest BCUT2D eigenvalue weighted by Gasteiger charge is -2.34. The van der Waals surface area contributed by atoms with E-state index in [-0.39, 0.29) is 16.4 Å². The number of halogens is 2. The van der Waals surface area contributed by atoms with Crippen molar-refractivity contribution in [3.8, 4) is 0 Å². The number of aliphatic hydroxyl groups is 1. The van der Waals surface area contributed by atoms with Crippen LogP contribution in [0.25, 0.3) is 0 Å². The lowest BCUT2D eigenvalue weighted by Crippen LogP contribution is -2.30. The minimum absolute atomic E-state index is 0.0722. The summed E-state index contributed by atoms with van der Waals surface area (Å²) >= 11 is 3.43. The predicted molar refractivity (Wildman–Crippen MR) is 78.8 cm³/mol. The van der Waals surface area contributed by atoms with Crippen molar-refractivity contribution in [2.75, 3.05) is 5.75 Å². The SMILES string of the molecule is Cc1ccc(C(O)C2CSC(C)C(C)S2)c(F)c1F. The molecule has 1 nitrogen and oxygen atoms in total. The van der Waals surface area contributed by atoms with Crippen molar-refractivity contribution in [2.24, 2.45) is 0 Å². The summed E-state index contributed by atoms with van der Waals surface area (Å²) in [6.45, 7) is 5.77. The van der Waals surface area contributed by atoms with E-state index in [9.17, 15) is 13.9 Å². The van der Waals surface area contributed by atoms with Gasteiger partial charge >= 0.3 is 0 Å². The Balaban J connectivity index is 2.20. The summed E-state index contributed by atoms with van der Waals surface area (Å²) in [5.41, 5.74) is 0.337. The number of hydrogen-bond donors (Lipinski definition) is 1. The molecule has 1 aliphatic rings. The molecule has 106 valence electrons. The Labute approximate surface area is 121 Å². The monoisotopic (exact) mass is 304 g/mol. The predicted octanol–water partition coefficient (Wildman–Crippen LogP) is 3.93. The Bertz CT molecular complexity index is 467. The van der Waals surface area contributed by atoms with E-state index < -0.39 is 17.7 Å². The zero-order valence-electron chi connectivity index (χ0n) is 11.2. The van der Waals surface area contributed by atoms with Gasteiger partial charge < -0.3 is 5.11 Å². The van der Waals surface area contributed by atoms with Crippen LogP contribution in [-0.4, -0.2) is 26.6 Å². The Hall–Kier alpha value is -0.260. The van der Waals surface area contributed by atoms with Gasteiger partial charge in [0.15, 0.2) is 11.6 Å². The lowest BCUT2D eigenvalue weighted by molar-refractivity contribution is 0.174. The minimum Gasteiger partial charge on any atom is -0.387 e. The van der Waals surface area contributed by atoms with Gasteiger partial charge in [0.05, 0.1) is 6.10 Å². The Morgan fingerprint density at radius 2 is 1.89 bits per heavy atom. The first-order valence-electron chi connectivity index (χ1n) is 6.31. The maximum absolute atomic E-state index is 13.9. The van der Waals surface area contributed by atoms with E-state index in [0.717, 1.165) is 5.75 Å². The van der Waals surface area contributed by atoms with Crippen LogP contribution in [-0.2, 0) is 0 Å². The van der Waals surface area contributed by atoms with E-state index in [1.165, 1.54) is 19.1 Å². The lowest BCUT2D eigenvalue weighted by atomic mass is 10.0. The van der Waals surface area contributed by atoms with Crippen molar-refractivity contribution < 1.29 is 13.9 Å². The second kappa shape index (κ2) is 6.02. The highest BCUT2D eigenvalue weighted by molar-refractivity contribution is 8.07. The summed E-state index contributed by atoms with van der Waals surface area (Å²) in [4.78, 5) is 0. The molecule has 19 heavy (non-hydrogen) atoms. The molecule has 1 N–H and O–H groups in total. The van der Waals surface area contributed by atoms with Gasteiger partial charge in [-0.05, 0) is 12.5 Å². The van der Waals surface area contributed by atoms with Gasteiger partial charge in [0.1, 0.15) is 0 Å². The molecule has 1 aliphatic heterocycles. The van der Waals surface area contributed by atoms with Crippen molar-refractivity contribution in [3.05, 3.63) is 34.9 Å². The van der Waals surface area contributed by atoms with Crippen LogP contribution in [0.5, 0.6) is 0 Å². The molecule has 0 spiro atoms. The molecule has 0 amide bonds. The first-order valence-corrected chi connectivity index (χ1v) is 8.30. The van der Waals surface area contributed by atoms with Gasteiger partial charge in [-0.25, -0.2) is 8.78 Å². The molecule has 1 heterocycles. The summed E-state index contributed by atoms with van der Waals surface area (Å²) in [6, 6.07) is 3.01. The van der Waals surface area contributed by atoms with Crippen molar-refractivity contribution in [1.29, 1.82) is 0 Å². The molecule has 0 aliphatic carbocycles. The van der Waals surface area contributed by atoms with Gasteiger partial charge in [-0.3, -0.25) is 0 Å². The highest BCUT2D eigenvalue weighted by atomic mass is 32.2. The maximum atomic E-state index is 13.9. The van der Waals surface area contributed by atoms with Gasteiger partial charge in [-0.2, -0.15) is 23.5 Å². The van der Waals surface area contributed by atoms with E-state index in [0.29, 0.717) is 10.5 Å². The Morgan fingerprint density at radius 3 is 2.53 bits per heavy atom. The first-order chi connectivity index (χ1) is 8.91. The molecule has 0 saturated carbocycles. The third-order valence-electron chi connectivity index (χ3n) is 3.55. The molecular formula is C14H18F2OS2. The molecule has 1 aromatic carbocycles. The zero-order chi connectivity index (χ0) is 14.2. The molecule has 1 aromatic rings. The number of thioether (sulfide) groups is 2. The molecule has 0 aromatic heterocycles. The third kappa shape index (κ3) is 3.09. The van der Waals surface area contributed by atoms with E-state index in [2.05, 4.69) is 13.8 Å². The Morgan fingerprint density at radius 1 is 1.21 bits per heavy atom. The second-order valence-electron chi connectivity index (χ2n) is 4.96. The summed E-state index contributed by atoms with van der Waals surface area (Å²) in [5, 5.41) is 11.1. The molecule has 4 unspecified atom stereocenters. The number of benzene rings is 1. The minimum atomic E-state index is -0.956. The van der Waals surface area contributed by atoms with E-state index in [1.54, 1.807) is 23.5 Å². The van der Waals surface area contributed by atoms with Crippen LogP contribution >= 0.6 is 23.5 Å². The number of hydrogen-bond acceptors (Lipinski definition) is 3. The summed E-state index contributed by atoms with van der Waals surface area (Å²) in [6.07, 6.45) is -0.956. The number of rotatable bonds is 2. The Kier molecular flexibility index (Phi) is 4.79. The van der Waals surface area contributed by atoms with E-state index >= 15 is 0 Å². The van der Waals surface area contributed by atoms with E-state index in [4.69, 9.17) is 0 Å². The summed E-state index contributed by atoms with van der Waals surface area (Å²) in [7, 11) is 0. The second-order valence-corrected chi connectivity index (χ2v) is 7.99. The van der Waals surface area contributed by atoms with Gasteiger partial charge in [0.25, 0.3) is 0 Å². The van der Waals surface area contributed by atoms with Crippen LogP contribution in [0, 0.1) is 18.6 Å². The largest absolute Gasteiger partial charge is 0.387 e. The fraction of sp³-hybridized carbons (Fsp3) is 0.571. The molecule has 1 saturated heterocycles. The van der Waals surface area contributed by atoms with E-state index in [1.807, 2.05) is 0 Å². The fourth-order valence-electron chi connectivity index (χ4n) is 2.06. The van der Waals surface area contributed by atoms with Crippen LogP contribution < -0.4 is 0 Å². The van der Waals surface area contributed by atoms with Gasteiger partial charge in [-0.15, -0.1) is 0 Å². The van der Waals surface area contributed by atoms with Crippen LogP contribution in [0.3, 0.4) is 0 Å². The van der Waals surface area contributed by atoms with Crippen molar-refractivity contribution in [2.45, 2.75) is 42.6 Å². The maximum Gasteiger partial charge on any atom is 0.164 e. The standard InChI is InChI=1S/C14H18F2OS2/c1-7-4-5-10(13(16)12(7)15)14(17)11-6-18-8(2)9(3)19-11/h4-5,8-9,11,14,17H,6H2,1-3H3. The van der Waals surface area contributed by atoms with Gasteiger partial charge in [0.2, 0.25) is 0 Å². The van der Waals surface area contributed by atoms with Crippen LogP contribution in [0.1, 0.15) is 31.1 Å². The van der Waals surface area contributed by atoms with Gasteiger partial charge in [0, 0.05) is 27.1 Å². The molecule has 2 rings (SSSR count). The molecule has 1 fully saturated rings. The topological polar surface area (TPSA) is 20.2 Å². The average Bonchev–Trinajstić information content (AvgIpc) is 2.39. The quantitative estimate of drug-likeness (QED) is 0.894. The summed E-state index contributed by atoms with van der Waals surface area (Å²) < 4.78 is 27.5. The van der Waals surface area contributed by atoms with Crippen molar-refractivity contribution in [3.63, 3.8) is 0 Å². The zero-order valence-corrected chi connectivity index (χ0v) is 12.8. The first kappa shape index (κ1) is 15.1. The van der Waals surface area contributed by atoms with Gasteiger partial charge in [-0.1, -0.05) is 26.0 Å². The highest BCUT2D eigenvalue weighted by Gasteiger charge is 2.32. The van der Waals surface area contributed by atoms with Crippen LogP contribution in [0.4, 0.5) is 8.78 Å². The molecule has 4 atom stereocenters. The summed E-state index contributed by atoms with van der Waals surface area (Å²) in [5.74, 6) is -1.01. The number of aryl methyl sites for hydroxylation is 1. The van der Waals surface area contributed by atoms with Crippen LogP contribution in [0.2, 0.25) is 0 Å². The normalized spacial score (nSPS) is 29.3. The molecule has 0 bridgehead atoms. The third-order valence-corrected chi connectivity index (χ3v) is 7.03. The number of aliphatic hydroxyl groups excluding tert-OH is 1. The smallest absolute Gasteiger partial charge is 0.164 e. The fourth-order valence-corrected chi connectivity index (χ4v) is 5.06. The average molecular weight is 304 g/mol. The molecular weight excluding hydrogens is 286 g/mol. The highest BCUT2D eigenvalue weighted by Crippen LogP contribution is 2.41. The van der Waals surface area contributed by atoms with Crippen molar-refractivity contribution in [1.82, 2.24) is 0 Å².